The molecule has 134 valence electrons. The lowest BCUT2D eigenvalue weighted by Crippen LogP contribution is -2.30. The molecule has 1 heterocycles. The van der Waals surface area contributed by atoms with E-state index >= 15 is 0 Å². The molecule has 0 fully saturated rings. The van der Waals surface area contributed by atoms with Crippen LogP contribution in [-0.4, -0.2) is 25.1 Å². The van der Waals surface area contributed by atoms with Crippen molar-refractivity contribution in [3.8, 4) is 5.75 Å². The van der Waals surface area contributed by atoms with E-state index in [1.54, 1.807) is 18.2 Å². The highest BCUT2D eigenvalue weighted by Gasteiger charge is 2.22. The number of benzene rings is 1. The molecule has 1 amide bonds. The smallest absolute Gasteiger partial charge is 0.340 e. The van der Waals surface area contributed by atoms with Crippen LogP contribution in [-0.2, 0) is 9.53 Å². The predicted molar refractivity (Wildman–Crippen MR) is 100 cm³/mol. The molecule has 2 aromatic rings. The Morgan fingerprint density at radius 1 is 1.20 bits per heavy atom. The number of hydrogen-bond acceptors (Lipinski definition) is 5. The quantitative estimate of drug-likeness (QED) is 0.773. The molecule has 0 unspecified atom stereocenters. The predicted octanol–water partition coefficient (Wildman–Crippen LogP) is 4.52. The van der Waals surface area contributed by atoms with Crippen molar-refractivity contribution in [2.75, 3.05) is 12.4 Å². The number of rotatable bonds is 5. The second-order valence-corrected chi connectivity index (χ2v) is 7.53. The van der Waals surface area contributed by atoms with Gasteiger partial charge < -0.3 is 14.8 Å². The molecule has 0 radical (unpaired) electrons. The van der Waals surface area contributed by atoms with E-state index in [-0.39, 0.29) is 0 Å². The summed E-state index contributed by atoms with van der Waals surface area (Å²) in [5.41, 5.74) is 1.76. The third-order valence-corrected chi connectivity index (χ3v) is 5.03. The fraction of sp³-hybridized carbons (Fsp3) is 0.333. The minimum atomic E-state index is -0.951. The first-order valence-corrected chi connectivity index (χ1v) is 8.85. The molecule has 1 atom stereocenters. The van der Waals surface area contributed by atoms with Gasteiger partial charge in [-0.1, -0.05) is 11.6 Å². The maximum Gasteiger partial charge on any atom is 0.340 e. The standard InChI is InChI=1S/C18H20ClNO4S/c1-9-6-15(16(23-5)8-14(9)19)20-17(21)11(3)24-18(22)13-7-10(2)25-12(13)4/h6-8,11H,1-5H3,(H,20,21)/t11-/m1/s1. The topological polar surface area (TPSA) is 64.6 Å². The van der Waals surface area contributed by atoms with Crippen molar-refractivity contribution >= 4 is 40.5 Å². The van der Waals surface area contributed by atoms with E-state index in [1.165, 1.54) is 25.4 Å². The molecule has 7 heteroatoms. The van der Waals surface area contributed by atoms with E-state index < -0.39 is 18.0 Å². The molecule has 0 bridgehead atoms. The van der Waals surface area contributed by atoms with Gasteiger partial charge in [0.05, 0.1) is 18.4 Å². The zero-order valence-corrected chi connectivity index (χ0v) is 16.3. The first-order chi connectivity index (χ1) is 11.7. The fourth-order valence-corrected chi connectivity index (χ4v) is 3.34. The van der Waals surface area contributed by atoms with Crippen molar-refractivity contribution in [2.45, 2.75) is 33.8 Å². The third-order valence-electron chi connectivity index (χ3n) is 3.65. The first kappa shape index (κ1) is 19.3. The first-order valence-electron chi connectivity index (χ1n) is 7.66. The van der Waals surface area contributed by atoms with Crippen molar-refractivity contribution in [3.63, 3.8) is 0 Å². The Labute approximate surface area is 155 Å². The van der Waals surface area contributed by atoms with Crippen LogP contribution in [0.2, 0.25) is 5.02 Å². The summed E-state index contributed by atoms with van der Waals surface area (Å²) >= 11 is 7.57. The number of anilines is 1. The molecule has 25 heavy (non-hydrogen) atoms. The van der Waals surface area contributed by atoms with Gasteiger partial charge in [0.25, 0.3) is 5.91 Å². The van der Waals surface area contributed by atoms with E-state index in [2.05, 4.69) is 5.32 Å². The van der Waals surface area contributed by atoms with E-state index in [4.69, 9.17) is 21.1 Å². The number of halogens is 1. The van der Waals surface area contributed by atoms with Gasteiger partial charge in [0.15, 0.2) is 6.10 Å². The van der Waals surface area contributed by atoms with E-state index in [0.29, 0.717) is 22.0 Å². The third kappa shape index (κ3) is 4.52. The van der Waals surface area contributed by atoms with Crippen molar-refractivity contribution in [1.82, 2.24) is 0 Å². The number of esters is 1. The number of carbonyl (C=O) groups is 2. The Morgan fingerprint density at radius 2 is 1.88 bits per heavy atom. The molecular weight excluding hydrogens is 362 g/mol. The summed E-state index contributed by atoms with van der Waals surface area (Å²) in [5, 5.41) is 3.25. The monoisotopic (exact) mass is 381 g/mol. The Kier molecular flexibility index (Phi) is 6.08. The van der Waals surface area contributed by atoms with Crippen molar-refractivity contribution in [3.05, 3.63) is 44.1 Å². The van der Waals surface area contributed by atoms with E-state index in [1.807, 2.05) is 20.8 Å². The van der Waals surface area contributed by atoms with Crippen LogP contribution >= 0.6 is 22.9 Å². The normalized spacial score (nSPS) is 11.8. The molecular formula is C18H20ClNO4S. The molecule has 5 nitrogen and oxygen atoms in total. The molecule has 1 N–H and O–H groups in total. The highest BCUT2D eigenvalue weighted by molar-refractivity contribution is 7.12. The lowest BCUT2D eigenvalue weighted by atomic mass is 10.2. The summed E-state index contributed by atoms with van der Waals surface area (Å²) in [6.45, 7) is 7.11. The van der Waals surface area contributed by atoms with Gasteiger partial charge in [-0.15, -0.1) is 11.3 Å². The number of nitrogens with one attached hydrogen (secondary N) is 1. The number of carbonyl (C=O) groups excluding carboxylic acids is 2. The second kappa shape index (κ2) is 7.89. The Morgan fingerprint density at radius 3 is 2.44 bits per heavy atom. The fourth-order valence-electron chi connectivity index (χ4n) is 2.28. The van der Waals surface area contributed by atoms with Crippen LogP contribution in [0.25, 0.3) is 0 Å². The van der Waals surface area contributed by atoms with Crippen LogP contribution in [0.1, 0.15) is 32.6 Å². The number of methoxy groups -OCH3 is 1. The van der Waals surface area contributed by atoms with Crippen LogP contribution in [0.15, 0.2) is 18.2 Å². The average Bonchev–Trinajstić information content (AvgIpc) is 2.89. The van der Waals surface area contributed by atoms with Gasteiger partial charge in [-0.25, -0.2) is 4.79 Å². The van der Waals surface area contributed by atoms with Crippen molar-refractivity contribution in [2.24, 2.45) is 0 Å². The highest BCUT2D eigenvalue weighted by atomic mass is 35.5. The zero-order valence-electron chi connectivity index (χ0n) is 14.7. The van der Waals surface area contributed by atoms with Crippen LogP contribution < -0.4 is 10.1 Å². The van der Waals surface area contributed by atoms with Gasteiger partial charge in [-0.3, -0.25) is 4.79 Å². The van der Waals surface area contributed by atoms with Crippen LogP contribution in [0, 0.1) is 20.8 Å². The van der Waals surface area contributed by atoms with Gasteiger partial charge in [-0.05, 0) is 45.4 Å². The second-order valence-electron chi connectivity index (χ2n) is 5.67. The Hall–Kier alpha value is -2.05. The van der Waals surface area contributed by atoms with Gasteiger partial charge in [-0.2, -0.15) is 0 Å². The maximum absolute atomic E-state index is 12.4. The van der Waals surface area contributed by atoms with Gasteiger partial charge >= 0.3 is 5.97 Å². The Balaban J connectivity index is 2.09. The molecule has 0 saturated heterocycles. The van der Waals surface area contributed by atoms with Gasteiger partial charge in [0.1, 0.15) is 5.75 Å². The molecule has 0 saturated carbocycles. The van der Waals surface area contributed by atoms with Gasteiger partial charge in [0, 0.05) is 20.8 Å². The minimum Gasteiger partial charge on any atom is -0.495 e. The SMILES string of the molecule is COc1cc(Cl)c(C)cc1NC(=O)[C@@H](C)OC(=O)c1cc(C)sc1C. The zero-order chi connectivity index (χ0) is 18.7. The van der Waals surface area contributed by atoms with Crippen molar-refractivity contribution in [1.29, 1.82) is 0 Å². The molecule has 0 aliphatic rings. The number of amides is 1. The minimum absolute atomic E-state index is 0.437. The number of hydrogen-bond donors (Lipinski definition) is 1. The molecule has 2 rings (SSSR count). The lowest BCUT2D eigenvalue weighted by molar-refractivity contribution is -0.123. The molecule has 0 aliphatic heterocycles. The summed E-state index contributed by atoms with van der Waals surface area (Å²) in [6, 6.07) is 5.10. The maximum atomic E-state index is 12.4. The number of ether oxygens (including phenoxy) is 2. The van der Waals surface area contributed by atoms with Crippen LogP contribution in [0.3, 0.4) is 0 Å². The summed E-state index contributed by atoms with van der Waals surface area (Å²) in [6.07, 6.45) is -0.951. The van der Waals surface area contributed by atoms with Crippen LogP contribution in [0.5, 0.6) is 5.75 Å². The Bertz CT molecular complexity index is 816. The molecule has 0 spiro atoms. The molecule has 1 aromatic carbocycles. The summed E-state index contributed by atoms with van der Waals surface area (Å²) in [7, 11) is 1.49. The lowest BCUT2D eigenvalue weighted by Gasteiger charge is -2.16. The molecule has 1 aromatic heterocycles. The van der Waals surface area contributed by atoms with Gasteiger partial charge in [0.2, 0.25) is 0 Å². The van der Waals surface area contributed by atoms with Crippen molar-refractivity contribution < 1.29 is 19.1 Å². The number of aryl methyl sites for hydroxylation is 3. The largest absolute Gasteiger partial charge is 0.495 e. The highest BCUT2D eigenvalue weighted by Crippen LogP contribution is 2.31. The van der Waals surface area contributed by atoms with Crippen LogP contribution in [0.4, 0.5) is 5.69 Å². The summed E-state index contributed by atoms with van der Waals surface area (Å²) < 4.78 is 10.5. The van der Waals surface area contributed by atoms with E-state index in [0.717, 1.165) is 15.3 Å². The number of thiophene rings is 1. The van der Waals surface area contributed by atoms with E-state index in [9.17, 15) is 9.59 Å². The summed E-state index contributed by atoms with van der Waals surface area (Å²) in [5.74, 6) is -0.520. The average molecular weight is 382 g/mol. The molecule has 0 aliphatic carbocycles. The summed E-state index contributed by atoms with van der Waals surface area (Å²) in [4.78, 5) is 26.5.